The smallest absolute Gasteiger partial charge is 0.261 e. The molecule has 0 saturated carbocycles. The molecule has 32 heavy (non-hydrogen) atoms. The largest absolute Gasteiger partial charge is 0.295 e. The molecule has 3 aromatic carbocycles. The van der Waals surface area contributed by atoms with Gasteiger partial charge in [0.2, 0.25) is 5.91 Å². The van der Waals surface area contributed by atoms with E-state index in [1.54, 1.807) is 48.2 Å². The van der Waals surface area contributed by atoms with E-state index < -0.39 is 10.0 Å². The number of thioether (sulfide) groups is 1. The van der Waals surface area contributed by atoms with Crippen LogP contribution < -0.4 is 9.62 Å². The maximum atomic E-state index is 12.8. The van der Waals surface area contributed by atoms with Crippen LogP contribution in [-0.2, 0) is 14.8 Å². The van der Waals surface area contributed by atoms with Crippen molar-refractivity contribution in [3.8, 4) is 0 Å². The maximum Gasteiger partial charge on any atom is 0.261 e. The SMILES string of the molecule is Cc1ccc(S(=O)(=O)Nc2ccc([C@@H]3SCC(=O)N3c3ccccc3C(C)C)cc2)cc1. The Hall–Kier alpha value is -2.77. The Labute approximate surface area is 193 Å². The lowest BCUT2D eigenvalue weighted by atomic mass is 10.00. The molecule has 0 spiro atoms. The fraction of sp³-hybridized carbons (Fsp3) is 0.240. The highest BCUT2D eigenvalue weighted by Gasteiger charge is 2.35. The number of nitrogens with one attached hydrogen (secondary N) is 1. The van der Waals surface area contributed by atoms with Crippen LogP contribution in [0.25, 0.3) is 0 Å². The van der Waals surface area contributed by atoms with Gasteiger partial charge >= 0.3 is 0 Å². The number of rotatable bonds is 6. The second kappa shape index (κ2) is 9.00. The molecule has 0 radical (unpaired) electrons. The van der Waals surface area contributed by atoms with E-state index in [1.807, 2.05) is 42.2 Å². The first kappa shape index (κ1) is 22.4. The predicted octanol–water partition coefficient (Wildman–Crippen LogP) is 5.70. The van der Waals surface area contributed by atoms with Crippen molar-refractivity contribution in [2.75, 3.05) is 15.4 Å². The van der Waals surface area contributed by atoms with Crippen LogP contribution in [0.2, 0.25) is 0 Å². The van der Waals surface area contributed by atoms with Gasteiger partial charge in [-0.25, -0.2) is 8.42 Å². The Morgan fingerprint density at radius 3 is 2.28 bits per heavy atom. The lowest BCUT2D eigenvalue weighted by molar-refractivity contribution is -0.115. The van der Waals surface area contributed by atoms with Crippen LogP contribution in [0.1, 0.15) is 41.8 Å². The summed E-state index contributed by atoms with van der Waals surface area (Å²) in [6, 6.07) is 22.0. The van der Waals surface area contributed by atoms with Gasteiger partial charge in [0.15, 0.2) is 0 Å². The van der Waals surface area contributed by atoms with E-state index >= 15 is 0 Å². The summed E-state index contributed by atoms with van der Waals surface area (Å²) in [5.41, 5.74) is 4.51. The van der Waals surface area contributed by atoms with E-state index in [4.69, 9.17) is 0 Å². The fourth-order valence-corrected chi connectivity index (χ4v) is 6.00. The third-order valence-electron chi connectivity index (χ3n) is 5.47. The van der Waals surface area contributed by atoms with Gasteiger partial charge in [0.05, 0.1) is 10.6 Å². The highest BCUT2D eigenvalue weighted by atomic mass is 32.2. The molecule has 0 aromatic heterocycles. The molecule has 1 amide bonds. The predicted molar refractivity (Wildman–Crippen MR) is 132 cm³/mol. The molecule has 1 aliphatic heterocycles. The van der Waals surface area contributed by atoms with Crippen LogP contribution in [0.5, 0.6) is 0 Å². The van der Waals surface area contributed by atoms with Gasteiger partial charge in [0.25, 0.3) is 10.0 Å². The van der Waals surface area contributed by atoms with Gasteiger partial charge in [-0.3, -0.25) is 14.4 Å². The molecule has 1 heterocycles. The van der Waals surface area contributed by atoms with Crippen molar-refractivity contribution in [1.29, 1.82) is 0 Å². The molecule has 166 valence electrons. The van der Waals surface area contributed by atoms with Crippen LogP contribution >= 0.6 is 11.8 Å². The summed E-state index contributed by atoms with van der Waals surface area (Å²) in [5, 5.41) is -0.148. The number of hydrogen-bond donors (Lipinski definition) is 1. The van der Waals surface area contributed by atoms with Crippen LogP contribution in [0.4, 0.5) is 11.4 Å². The zero-order valence-electron chi connectivity index (χ0n) is 18.3. The van der Waals surface area contributed by atoms with E-state index in [2.05, 4.69) is 24.6 Å². The molecule has 0 bridgehead atoms. The van der Waals surface area contributed by atoms with Crippen molar-refractivity contribution in [1.82, 2.24) is 0 Å². The maximum absolute atomic E-state index is 12.8. The minimum absolute atomic E-state index is 0.0808. The number of carbonyl (C=O) groups excluding carboxylic acids is 1. The van der Waals surface area contributed by atoms with Gasteiger partial charge in [-0.15, -0.1) is 11.8 Å². The molecule has 1 fully saturated rings. The lowest BCUT2D eigenvalue weighted by Crippen LogP contribution is -2.29. The first-order chi connectivity index (χ1) is 15.3. The second-order valence-corrected chi connectivity index (χ2v) is 10.9. The van der Waals surface area contributed by atoms with Crippen LogP contribution in [-0.4, -0.2) is 20.1 Å². The minimum atomic E-state index is -3.66. The van der Waals surface area contributed by atoms with Crippen molar-refractivity contribution in [3.63, 3.8) is 0 Å². The van der Waals surface area contributed by atoms with Crippen molar-refractivity contribution >= 4 is 39.1 Å². The Morgan fingerprint density at radius 1 is 0.969 bits per heavy atom. The number of anilines is 2. The topological polar surface area (TPSA) is 66.5 Å². The summed E-state index contributed by atoms with van der Waals surface area (Å²) in [6.45, 7) is 6.16. The number of amides is 1. The first-order valence-electron chi connectivity index (χ1n) is 10.5. The van der Waals surface area contributed by atoms with Gasteiger partial charge in [0, 0.05) is 11.4 Å². The number of hydrogen-bond acceptors (Lipinski definition) is 4. The van der Waals surface area contributed by atoms with E-state index in [0.717, 1.165) is 22.4 Å². The van der Waals surface area contributed by atoms with Gasteiger partial charge in [-0.1, -0.05) is 61.9 Å². The monoisotopic (exact) mass is 466 g/mol. The third kappa shape index (κ3) is 4.54. The van der Waals surface area contributed by atoms with Crippen molar-refractivity contribution in [2.24, 2.45) is 0 Å². The molecule has 5 nitrogen and oxygen atoms in total. The van der Waals surface area contributed by atoms with E-state index in [0.29, 0.717) is 17.4 Å². The Balaban J connectivity index is 1.58. The third-order valence-corrected chi connectivity index (χ3v) is 8.08. The number of para-hydroxylation sites is 1. The highest BCUT2D eigenvalue weighted by Crippen LogP contribution is 2.44. The lowest BCUT2D eigenvalue weighted by Gasteiger charge is -2.27. The number of aryl methyl sites for hydroxylation is 1. The van der Waals surface area contributed by atoms with Crippen molar-refractivity contribution in [2.45, 2.75) is 37.0 Å². The summed E-state index contributed by atoms with van der Waals surface area (Å²) in [5.74, 6) is 0.792. The highest BCUT2D eigenvalue weighted by molar-refractivity contribution is 8.00. The molecular weight excluding hydrogens is 440 g/mol. The summed E-state index contributed by atoms with van der Waals surface area (Å²) in [7, 11) is -3.66. The Kier molecular flexibility index (Phi) is 6.31. The summed E-state index contributed by atoms with van der Waals surface area (Å²) in [6.07, 6.45) is 0. The number of nitrogens with zero attached hydrogens (tertiary/aromatic N) is 1. The molecule has 4 rings (SSSR count). The molecule has 3 aromatic rings. The molecule has 1 N–H and O–H groups in total. The Bertz CT molecular complexity index is 1220. The Morgan fingerprint density at radius 2 is 1.62 bits per heavy atom. The molecule has 0 unspecified atom stereocenters. The van der Waals surface area contributed by atoms with Crippen LogP contribution in [0.3, 0.4) is 0 Å². The van der Waals surface area contributed by atoms with E-state index in [-0.39, 0.29) is 16.2 Å². The van der Waals surface area contributed by atoms with Crippen molar-refractivity contribution < 1.29 is 13.2 Å². The molecule has 1 atom stereocenters. The fourth-order valence-electron chi connectivity index (χ4n) is 3.77. The zero-order chi connectivity index (χ0) is 22.9. The average molecular weight is 467 g/mol. The van der Waals surface area contributed by atoms with Gasteiger partial charge in [0.1, 0.15) is 5.37 Å². The molecule has 1 saturated heterocycles. The normalized spacial score (nSPS) is 16.6. The molecule has 0 aliphatic carbocycles. The van der Waals surface area contributed by atoms with E-state index in [1.165, 1.54) is 0 Å². The summed E-state index contributed by atoms with van der Waals surface area (Å²) < 4.78 is 28.0. The van der Waals surface area contributed by atoms with Gasteiger partial charge in [-0.05, 0) is 54.3 Å². The number of carbonyl (C=O) groups is 1. The standard InChI is InChI=1S/C25H26N2O3S2/c1-17(2)22-6-4-5-7-23(22)27-24(28)16-31-25(27)19-10-12-20(13-11-19)26-32(29,30)21-14-8-18(3)9-15-21/h4-15,17,25-26H,16H2,1-3H3/t25-/m0/s1. The minimum Gasteiger partial charge on any atom is -0.295 e. The summed E-state index contributed by atoms with van der Waals surface area (Å²) in [4.78, 5) is 14.9. The average Bonchev–Trinajstić information content (AvgIpc) is 3.15. The summed E-state index contributed by atoms with van der Waals surface area (Å²) >= 11 is 1.58. The zero-order valence-corrected chi connectivity index (χ0v) is 19.9. The molecule has 1 aliphatic rings. The van der Waals surface area contributed by atoms with Gasteiger partial charge < -0.3 is 0 Å². The number of sulfonamides is 1. The van der Waals surface area contributed by atoms with Gasteiger partial charge in [-0.2, -0.15) is 0 Å². The molecule has 7 heteroatoms. The number of benzene rings is 3. The first-order valence-corrected chi connectivity index (χ1v) is 13.0. The van der Waals surface area contributed by atoms with E-state index in [9.17, 15) is 13.2 Å². The quantitative estimate of drug-likeness (QED) is 0.506. The van der Waals surface area contributed by atoms with Crippen molar-refractivity contribution in [3.05, 3.63) is 89.5 Å². The second-order valence-electron chi connectivity index (χ2n) is 8.18. The van der Waals surface area contributed by atoms with Crippen LogP contribution in [0.15, 0.2) is 77.7 Å². The molecular formula is C25H26N2O3S2. The van der Waals surface area contributed by atoms with Crippen LogP contribution in [0, 0.1) is 6.92 Å².